The lowest BCUT2D eigenvalue weighted by Crippen LogP contribution is -3.00. The maximum Gasteiger partial charge on any atom is 0.339 e. The number of hydrogen-bond acceptors (Lipinski definition) is 18. The van der Waals surface area contributed by atoms with Crippen molar-refractivity contribution >= 4 is 27.6 Å². The molecule has 25 nitrogen and oxygen atoms in total. The Hall–Kier alpha value is -1.68. The zero-order valence-corrected chi connectivity index (χ0v) is 27.1. The van der Waals surface area contributed by atoms with E-state index in [0.29, 0.717) is 0 Å². The first-order valence-corrected chi connectivity index (χ1v) is 17.1. The predicted octanol–water partition coefficient (Wildman–Crippen LogP) is -15.5. The molecule has 1 aliphatic carbocycles. The van der Waals surface area contributed by atoms with Crippen molar-refractivity contribution in [2.75, 3.05) is 20.3 Å². The molecule has 3 aliphatic rings. The molecule has 15 atom stereocenters. The van der Waals surface area contributed by atoms with Crippen LogP contribution in [0.5, 0.6) is 0 Å². The molecule has 48 heavy (non-hydrogen) atoms. The summed E-state index contributed by atoms with van der Waals surface area (Å²) in [5, 5.41) is 66.2. The Balaban J connectivity index is 2.10. The Morgan fingerprint density at radius 3 is 1.90 bits per heavy atom. The number of quaternary nitrogens is 1. The summed E-state index contributed by atoms with van der Waals surface area (Å²) in [6.45, 7) is -0.977. The van der Waals surface area contributed by atoms with E-state index in [1.165, 1.54) is 12.4 Å². The van der Waals surface area contributed by atoms with Crippen molar-refractivity contribution in [2.24, 2.45) is 22.9 Å². The van der Waals surface area contributed by atoms with Gasteiger partial charge in [0.1, 0.15) is 66.5 Å². The monoisotopic (exact) mass is 742 g/mol. The standard InChI is InChI=1S/C21H43N7O18P2/c1-5-21(34,4-41-47(35,36)37)16(45-17-9(26-2)12(32)10(30)6(3-29)43-17)18(42-5)44-14-7(27-19(22)23)11(31)8(28-20(24)25)15(13(14)33)46-48(38,39)40/h5-18,26,29-34H,3-4H2,1-2H3,(H4,22,23,27)(H4,24,25,28)(H2,35,36,37)(H2,38,39,40)/p-1/t5-,6-,7-,8+,9-,10-,11-,12-,13-,14+,15-,16-,17-,18-,21+/m0/s1. The minimum Gasteiger partial charge on any atom is -0.790 e. The van der Waals surface area contributed by atoms with Crippen molar-refractivity contribution in [2.45, 2.75) is 98.2 Å². The molecule has 0 aromatic carbocycles. The molecule has 0 aromatic heterocycles. The summed E-state index contributed by atoms with van der Waals surface area (Å²) in [6, 6.07) is -4.60. The highest BCUT2D eigenvalue weighted by atomic mass is 31.2. The van der Waals surface area contributed by atoms with Crippen LogP contribution < -0.4 is 57.8 Å². The predicted molar refractivity (Wildman–Crippen MR) is 143 cm³/mol. The first kappa shape index (κ1) is 40.7. The number of phosphoric ester groups is 2. The molecule has 2 heterocycles. The van der Waals surface area contributed by atoms with E-state index in [-0.39, 0.29) is 0 Å². The lowest BCUT2D eigenvalue weighted by Gasteiger charge is -2.47. The van der Waals surface area contributed by atoms with Crippen LogP contribution in [0.1, 0.15) is 6.92 Å². The molecular formula is C21H42N7O18P2-. The van der Waals surface area contributed by atoms with Gasteiger partial charge in [-0.3, -0.25) is 32.9 Å². The second kappa shape index (κ2) is 15.7. The van der Waals surface area contributed by atoms with Crippen LogP contribution in [0.15, 0.2) is 0 Å². The average Bonchev–Trinajstić information content (AvgIpc) is 3.19. The van der Waals surface area contributed by atoms with Crippen molar-refractivity contribution in [1.82, 2.24) is 0 Å². The summed E-state index contributed by atoms with van der Waals surface area (Å²) < 4.78 is 54.9. The van der Waals surface area contributed by atoms with Crippen LogP contribution >= 0.6 is 15.6 Å². The van der Waals surface area contributed by atoms with E-state index in [9.17, 15) is 59.3 Å². The smallest absolute Gasteiger partial charge is 0.339 e. The number of ether oxygens (including phenoxy) is 4. The third kappa shape index (κ3) is 9.35. The molecule has 0 aromatic rings. The van der Waals surface area contributed by atoms with Gasteiger partial charge in [0.2, 0.25) is 6.29 Å². The van der Waals surface area contributed by atoms with Gasteiger partial charge in [-0.1, -0.05) is 0 Å². The van der Waals surface area contributed by atoms with Crippen molar-refractivity contribution < 1.29 is 103 Å². The van der Waals surface area contributed by atoms with Crippen LogP contribution in [0.3, 0.4) is 0 Å². The molecule has 0 radical (unpaired) electrons. The highest BCUT2D eigenvalue weighted by Crippen LogP contribution is 2.41. The molecule has 1 saturated carbocycles. The molecular weight excluding hydrogens is 700 g/mol. The number of phosphoric acid groups is 2. The molecule has 27 heteroatoms. The normalized spacial score (nSPS) is 42.3. The van der Waals surface area contributed by atoms with Crippen LogP contribution in [0, 0.1) is 0 Å². The second-order valence-electron chi connectivity index (χ2n) is 11.4. The van der Waals surface area contributed by atoms with Gasteiger partial charge in [0.05, 0.1) is 42.0 Å². The second-order valence-corrected chi connectivity index (χ2v) is 13.6. The summed E-state index contributed by atoms with van der Waals surface area (Å²) in [5.41, 5.74) is 19.4. The zero-order valence-electron chi connectivity index (χ0n) is 25.4. The Morgan fingerprint density at radius 1 is 0.854 bits per heavy atom. The molecule has 0 spiro atoms. The van der Waals surface area contributed by atoms with Crippen LogP contribution in [0.2, 0.25) is 0 Å². The highest BCUT2D eigenvalue weighted by molar-refractivity contribution is 7.43. The molecule has 0 unspecified atom stereocenters. The van der Waals surface area contributed by atoms with E-state index in [0.717, 1.165) is 6.92 Å². The Bertz CT molecular complexity index is 1250. The minimum absolute atomic E-state index is 0.583. The van der Waals surface area contributed by atoms with E-state index in [4.69, 9.17) is 41.9 Å². The fourth-order valence-corrected chi connectivity index (χ4v) is 6.71. The van der Waals surface area contributed by atoms with Gasteiger partial charge >= 0.3 is 11.9 Å². The van der Waals surface area contributed by atoms with Crippen LogP contribution in [0.4, 0.5) is 0 Å². The minimum atomic E-state index is -5.93. The van der Waals surface area contributed by atoms with E-state index in [2.05, 4.69) is 19.0 Å². The largest absolute Gasteiger partial charge is 0.790 e. The summed E-state index contributed by atoms with van der Waals surface area (Å²) >= 11 is 0. The molecule has 280 valence electrons. The Labute approximate surface area is 271 Å². The van der Waals surface area contributed by atoms with Crippen molar-refractivity contribution in [3.8, 4) is 0 Å². The molecule has 2 saturated heterocycles. The van der Waals surface area contributed by atoms with Crippen LogP contribution in [0.25, 0.3) is 0 Å². The number of aliphatic hydroxyl groups excluding tert-OH is 5. The van der Waals surface area contributed by atoms with Crippen molar-refractivity contribution in [3.05, 3.63) is 0 Å². The van der Waals surface area contributed by atoms with Gasteiger partial charge in [0, 0.05) is 0 Å². The Kier molecular flexibility index (Phi) is 13.3. The fourth-order valence-electron chi connectivity index (χ4n) is 5.79. The number of hydrogen-bond donors (Lipinski definition) is 13. The summed E-state index contributed by atoms with van der Waals surface area (Å²) in [4.78, 5) is 50.7. The maximum atomic E-state index is 11.7. The lowest BCUT2D eigenvalue weighted by molar-refractivity contribution is -0.696. The van der Waals surface area contributed by atoms with E-state index < -0.39 is 132 Å². The zero-order chi connectivity index (χ0) is 36.5. The van der Waals surface area contributed by atoms with Gasteiger partial charge in [-0.05, 0) is 6.92 Å². The van der Waals surface area contributed by atoms with E-state index in [1.54, 1.807) is 0 Å². The number of aliphatic hydroxyl groups is 6. The topological polar surface area (TPSA) is 452 Å². The van der Waals surface area contributed by atoms with Gasteiger partial charge in [0.25, 0.3) is 0 Å². The number of rotatable bonds is 13. The van der Waals surface area contributed by atoms with Crippen molar-refractivity contribution in [3.63, 3.8) is 0 Å². The SMILES string of the molecule is C[NH2+][C@@H]1[C@H](O[C@H]2[C@H](O[C@H]3[C@H](O)[C@@H](OP(=O)([O-])[O-])[C@H]([NH+]=C(N)N)[C@@H](O)[C@@H]3[NH+]=C(N)N)O[C@@H](C)[C@]2(O)COP(=O)([O-])[O-])O[C@@H](CO)[C@H](O)[C@H]1O. The van der Waals surface area contributed by atoms with Gasteiger partial charge in [-0.25, -0.2) is 0 Å². The third-order valence-corrected chi connectivity index (χ3v) is 9.10. The highest BCUT2D eigenvalue weighted by Gasteiger charge is 2.62. The number of nitrogens with one attached hydrogen (secondary N) is 2. The fraction of sp³-hybridized carbons (Fsp3) is 0.905. The third-order valence-electron chi connectivity index (χ3n) is 8.16. The molecule has 2 aliphatic heterocycles. The first-order valence-electron chi connectivity index (χ1n) is 14.2. The molecule has 3 rings (SSSR count). The number of guanidine groups is 2. The molecule has 3 fully saturated rings. The summed E-state index contributed by atoms with van der Waals surface area (Å²) in [7, 11) is -10.2. The van der Waals surface area contributed by atoms with Gasteiger partial charge < -0.3 is 92.7 Å². The molecule has 18 N–H and O–H groups in total. The van der Waals surface area contributed by atoms with Crippen molar-refractivity contribution in [1.29, 1.82) is 0 Å². The maximum absolute atomic E-state index is 11.7. The number of nitrogens with two attached hydrogens (primary N) is 5. The first-order chi connectivity index (χ1) is 22.0. The number of likely N-dealkylation sites (N-methyl/N-ethyl adjacent to an activating group) is 1. The van der Waals surface area contributed by atoms with Gasteiger partial charge in [-0.15, -0.1) is 0 Å². The van der Waals surface area contributed by atoms with Gasteiger partial charge in [-0.2, -0.15) is 0 Å². The summed E-state index contributed by atoms with van der Waals surface area (Å²) in [6.07, 6.45) is -20.2. The average molecular weight is 743 g/mol. The summed E-state index contributed by atoms with van der Waals surface area (Å²) in [5.74, 6) is -1.20. The molecule has 0 amide bonds. The van der Waals surface area contributed by atoms with E-state index >= 15 is 0 Å². The van der Waals surface area contributed by atoms with Crippen LogP contribution in [-0.4, -0.2) is 154 Å². The van der Waals surface area contributed by atoms with Gasteiger partial charge in [0.15, 0.2) is 12.3 Å². The molecule has 0 bridgehead atoms. The van der Waals surface area contributed by atoms with Crippen LogP contribution in [-0.2, 0) is 37.1 Å². The lowest BCUT2D eigenvalue weighted by atomic mass is 9.81. The van der Waals surface area contributed by atoms with E-state index in [1.807, 2.05) is 0 Å². The Morgan fingerprint density at radius 2 is 1.42 bits per heavy atom. The quantitative estimate of drug-likeness (QED) is 0.0473.